The third-order valence-corrected chi connectivity index (χ3v) is 1.21. The first-order chi connectivity index (χ1) is 5.22. The number of hydrogen-bond acceptors (Lipinski definition) is 4. The number of aromatic nitrogens is 2. The van der Waals surface area contributed by atoms with Gasteiger partial charge in [-0.1, -0.05) is 0 Å². The van der Waals surface area contributed by atoms with Crippen molar-refractivity contribution in [3.8, 4) is 0 Å². The van der Waals surface area contributed by atoms with Gasteiger partial charge in [-0.15, -0.1) is 12.4 Å². The SMILES string of the molecule is Cl.NC(=O)C(N)c1cnccn1. The number of amides is 1. The third kappa shape index (κ3) is 2.44. The summed E-state index contributed by atoms with van der Waals surface area (Å²) >= 11 is 0. The molecule has 6 heteroatoms. The zero-order valence-corrected chi connectivity index (χ0v) is 6.99. The van der Waals surface area contributed by atoms with Crippen LogP contribution >= 0.6 is 12.4 Å². The minimum absolute atomic E-state index is 0. The Bertz CT molecular complexity index is 253. The lowest BCUT2D eigenvalue weighted by molar-refractivity contribution is -0.119. The van der Waals surface area contributed by atoms with E-state index in [2.05, 4.69) is 9.97 Å². The van der Waals surface area contributed by atoms with Gasteiger partial charge in [0.1, 0.15) is 6.04 Å². The molecule has 0 aliphatic heterocycles. The molecule has 0 radical (unpaired) electrons. The highest BCUT2D eigenvalue weighted by molar-refractivity contribution is 5.85. The van der Waals surface area contributed by atoms with Gasteiger partial charge in [-0.3, -0.25) is 14.8 Å². The molecule has 0 aliphatic rings. The zero-order valence-electron chi connectivity index (χ0n) is 6.18. The summed E-state index contributed by atoms with van der Waals surface area (Å²) in [5, 5.41) is 0. The van der Waals surface area contributed by atoms with Gasteiger partial charge in [-0.25, -0.2) is 0 Å². The molecule has 1 rings (SSSR count). The molecule has 0 saturated heterocycles. The molecule has 66 valence electrons. The van der Waals surface area contributed by atoms with Crippen LogP contribution in [0, 0.1) is 0 Å². The van der Waals surface area contributed by atoms with E-state index >= 15 is 0 Å². The minimum atomic E-state index is -0.858. The maximum atomic E-state index is 10.5. The Morgan fingerprint density at radius 3 is 2.58 bits per heavy atom. The summed E-state index contributed by atoms with van der Waals surface area (Å²) in [7, 11) is 0. The number of carbonyl (C=O) groups is 1. The van der Waals surface area contributed by atoms with Gasteiger partial charge < -0.3 is 11.5 Å². The molecule has 1 unspecified atom stereocenters. The van der Waals surface area contributed by atoms with Gasteiger partial charge in [0.2, 0.25) is 5.91 Å². The largest absolute Gasteiger partial charge is 0.368 e. The zero-order chi connectivity index (χ0) is 8.27. The number of halogens is 1. The minimum Gasteiger partial charge on any atom is -0.368 e. The Kier molecular flexibility index (Phi) is 4.17. The Morgan fingerprint density at radius 2 is 2.17 bits per heavy atom. The van der Waals surface area contributed by atoms with Crippen LogP contribution in [-0.2, 0) is 4.79 Å². The van der Waals surface area contributed by atoms with Crippen molar-refractivity contribution in [2.45, 2.75) is 6.04 Å². The van der Waals surface area contributed by atoms with Crippen molar-refractivity contribution in [3.05, 3.63) is 24.3 Å². The molecule has 0 aromatic carbocycles. The molecule has 0 saturated carbocycles. The Labute approximate surface area is 75.6 Å². The molecule has 12 heavy (non-hydrogen) atoms. The molecule has 1 aromatic rings. The second kappa shape index (κ2) is 4.63. The molecular weight excluding hydrogens is 180 g/mol. The van der Waals surface area contributed by atoms with E-state index in [4.69, 9.17) is 11.5 Å². The highest BCUT2D eigenvalue weighted by Crippen LogP contribution is 2.01. The molecule has 0 aliphatic carbocycles. The van der Waals surface area contributed by atoms with E-state index in [1.165, 1.54) is 18.6 Å². The normalized spacial score (nSPS) is 11.4. The molecule has 4 N–H and O–H groups in total. The lowest BCUT2D eigenvalue weighted by Gasteiger charge is -2.03. The number of rotatable bonds is 2. The number of primary amides is 1. The molecule has 5 nitrogen and oxygen atoms in total. The number of nitrogens with zero attached hydrogens (tertiary/aromatic N) is 2. The fraction of sp³-hybridized carbons (Fsp3) is 0.167. The molecule has 1 heterocycles. The van der Waals surface area contributed by atoms with E-state index in [0.717, 1.165) is 0 Å². The van der Waals surface area contributed by atoms with Crippen LogP contribution in [0.4, 0.5) is 0 Å². The molecule has 1 amide bonds. The van der Waals surface area contributed by atoms with Crippen LogP contribution in [0.1, 0.15) is 11.7 Å². The van der Waals surface area contributed by atoms with Crippen LogP contribution in [0.3, 0.4) is 0 Å². The Morgan fingerprint density at radius 1 is 1.50 bits per heavy atom. The summed E-state index contributed by atoms with van der Waals surface area (Å²) in [4.78, 5) is 18.1. The van der Waals surface area contributed by atoms with Crippen LogP contribution in [0.15, 0.2) is 18.6 Å². The smallest absolute Gasteiger partial charge is 0.240 e. The standard InChI is InChI=1S/C6H8N4O.ClH/c7-5(6(8)11)4-3-9-1-2-10-4;/h1-3,5H,7H2,(H2,8,11);1H. The summed E-state index contributed by atoms with van der Waals surface area (Å²) in [6.45, 7) is 0. The van der Waals surface area contributed by atoms with Crippen LogP contribution in [0.2, 0.25) is 0 Å². The maximum Gasteiger partial charge on any atom is 0.240 e. The monoisotopic (exact) mass is 188 g/mol. The van der Waals surface area contributed by atoms with Crippen LogP contribution in [-0.4, -0.2) is 15.9 Å². The first-order valence-corrected chi connectivity index (χ1v) is 3.02. The van der Waals surface area contributed by atoms with Gasteiger partial charge in [-0.05, 0) is 0 Å². The average molecular weight is 189 g/mol. The highest BCUT2D eigenvalue weighted by atomic mass is 35.5. The predicted molar refractivity (Wildman–Crippen MR) is 45.4 cm³/mol. The quantitative estimate of drug-likeness (QED) is 0.647. The van der Waals surface area contributed by atoms with Crippen molar-refractivity contribution in [3.63, 3.8) is 0 Å². The third-order valence-electron chi connectivity index (χ3n) is 1.21. The number of hydrogen-bond donors (Lipinski definition) is 2. The molecule has 1 aromatic heterocycles. The van der Waals surface area contributed by atoms with Crippen molar-refractivity contribution in [1.82, 2.24) is 9.97 Å². The van der Waals surface area contributed by atoms with E-state index in [1.807, 2.05) is 0 Å². The number of nitrogens with two attached hydrogens (primary N) is 2. The van der Waals surface area contributed by atoms with Gasteiger partial charge in [0.05, 0.1) is 11.9 Å². The first kappa shape index (κ1) is 10.8. The van der Waals surface area contributed by atoms with E-state index in [9.17, 15) is 4.79 Å². The second-order valence-corrected chi connectivity index (χ2v) is 2.01. The fourth-order valence-corrected chi connectivity index (χ4v) is 0.617. The van der Waals surface area contributed by atoms with Gasteiger partial charge in [0.25, 0.3) is 0 Å². The summed E-state index contributed by atoms with van der Waals surface area (Å²) < 4.78 is 0. The molecule has 0 spiro atoms. The summed E-state index contributed by atoms with van der Waals surface area (Å²) in [6, 6.07) is -0.858. The van der Waals surface area contributed by atoms with Crippen molar-refractivity contribution in [2.24, 2.45) is 11.5 Å². The average Bonchev–Trinajstić information content (AvgIpc) is 2.05. The lowest BCUT2D eigenvalue weighted by Crippen LogP contribution is -2.28. The molecule has 1 atom stereocenters. The summed E-state index contributed by atoms with van der Waals surface area (Å²) in [6.07, 6.45) is 4.37. The molecular formula is C6H9ClN4O. The summed E-state index contributed by atoms with van der Waals surface area (Å²) in [5.41, 5.74) is 10.7. The fourth-order valence-electron chi connectivity index (χ4n) is 0.617. The van der Waals surface area contributed by atoms with E-state index < -0.39 is 11.9 Å². The van der Waals surface area contributed by atoms with Gasteiger partial charge in [0, 0.05) is 12.4 Å². The first-order valence-electron chi connectivity index (χ1n) is 3.02. The second-order valence-electron chi connectivity index (χ2n) is 2.01. The highest BCUT2D eigenvalue weighted by Gasteiger charge is 2.12. The predicted octanol–water partition coefficient (Wildman–Crippen LogP) is -0.617. The van der Waals surface area contributed by atoms with E-state index in [0.29, 0.717) is 5.69 Å². The molecule has 0 fully saturated rings. The van der Waals surface area contributed by atoms with E-state index in [1.54, 1.807) is 0 Å². The molecule has 0 bridgehead atoms. The topological polar surface area (TPSA) is 94.9 Å². The van der Waals surface area contributed by atoms with E-state index in [-0.39, 0.29) is 12.4 Å². The lowest BCUT2D eigenvalue weighted by atomic mass is 10.2. The van der Waals surface area contributed by atoms with Crippen molar-refractivity contribution >= 4 is 18.3 Å². The summed E-state index contributed by atoms with van der Waals surface area (Å²) in [5.74, 6) is -0.606. The van der Waals surface area contributed by atoms with Crippen LogP contribution in [0.25, 0.3) is 0 Å². The Balaban J connectivity index is 0.00000121. The Hall–Kier alpha value is -1.20. The van der Waals surface area contributed by atoms with Crippen molar-refractivity contribution in [2.75, 3.05) is 0 Å². The maximum absolute atomic E-state index is 10.5. The van der Waals surface area contributed by atoms with Gasteiger partial charge in [-0.2, -0.15) is 0 Å². The van der Waals surface area contributed by atoms with Gasteiger partial charge >= 0.3 is 0 Å². The van der Waals surface area contributed by atoms with Crippen LogP contribution < -0.4 is 11.5 Å². The van der Waals surface area contributed by atoms with Crippen molar-refractivity contribution in [1.29, 1.82) is 0 Å². The number of carbonyl (C=O) groups excluding carboxylic acids is 1. The van der Waals surface area contributed by atoms with Gasteiger partial charge in [0.15, 0.2) is 0 Å². The van der Waals surface area contributed by atoms with Crippen LogP contribution in [0.5, 0.6) is 0 Å². The van der Waals surface area contributed by atoms with Crippen molar-refractivity contribution < 1.29 is 4.79 Å².